The Morgan fingerprint density at radius 3 is 2.73 bits per heavy atom. The van der Waals surface area contributed by atoms with E-state index in [1.165, 1.54) is 0 Å². The predicted octanol–water partition coefficient (Wildman–Crippen LogP) is 2.26. The van der Waals surface area contributed by atoms with Crippen LogP contribution < -0.4 is 4.74 Å². The summed E-state index contributed by atoms with van der Waals surface area (Å²) in [4.78, 5) is 26.0. The second-order valence-corrected chi connectivity index (χ2v) is 5.45. The largest absolute Gasteiger partial charge is 0.481 e. The molecule has 0 saturated carbocycles. The molecule has 1 saturated heterocycles. The molecule has 5 heteroatoms. The summed E-state index contributed by atoms with van der Waals surface area (Å²) < 4.78 is 10.7. The minimum Gasteiger partial charge on any atom is -0.481 e. The molecule has 5 nitrogen and oxygen atoms in total. The van der Waals surface area contributed by atoms with E-state index >= 15 is 0 Å². The average Bonchev–Trinajstić information content (AvgIpc) is 2.55. The molecule has 1 aliphatic heterocycles. The van der Waals surface area contributed by atoms with E-state index in [1.54, 1.807) is 18.7 Å². The van der Waals surface area contributed by atoms with Gasteiger partial charge >= 0.3 is 5.97 Å². The van der Waals surface area contributed by atoms with Gasteiger partial charge in [-0.25, -0.2) is 0 Å². The fourth-order valence-electron chi connectivity index (χ4n) is 2.64. The fourth-order valence-corrected chi connectivity index (χ4v) is 2.64. The third-order valence-corrected chi connectivity index (χ3v) is 3.76. The number of rotatable bonds is 5. The SMILES string of the molecule is CCOC(=O)[C@@H]1CCCN(C(=O)[C@@H](C)Oc2ccccc2)C1. The van der Waals surface area contributed by atoms with Gasteiger partial charge in [0.1, 0.15) is 5.75 Å². The van der Waals surface area contributed by atoms with E-state index in [0.29, 0.717) is 25.4 Å². The van der Waals surface area contributed by atoms with Crippen LogP contribution in [0.5, 0.6) is 5.75 Å². The molecule has 0 aliphatic carbocycles. The van der Waals surface area contributed by atoms with Crippen molar-refractivity contribution < 1.29 is 19.1 Å². The van der Waals surface area contributed by atoms with Crippen LogP contribution in [-0.4, -0.2) is 42.6 Å². The summed E-state index contributed by atoms with van der Waals surface area (Å²) in [6.07, 6.45) is 1.02. The van der Waals surface area contributed by atoms with E-state index in [4.69, 9.17) is 9.47 Å². The zero-order chi connectivity index (χ0) is 15.9. The van der Waals surface area contributed by atoms with Crippen LogP contribution in [0.2, 0.25) is 0 Å². The van der Waals surface area contributed by atoms with Crippen molar-refractivity contribution >= 4 is 11.9 Å². The van der Waals surface area contributed by atoms with Crippen molar-refractivity contribution in [1.29, 1.82) is 0 Å². The topological polar surface area (TPSA) is 55.8 Å². The Morgan fingerprint density at radius 2 is 2.05 bits per heavy atom. The molecule has 120 valence electrons. The van der Waals surface area contributed by atoms with Crippen LogP contribution in [0.3, 0.4) is 0 Å². The van der Waals surface area contributed by atoms with Gasteiger partial charge < -0.3 is 14.4 Å². The van der Waals surface area contributed by atoms with E-state index in [1.807, 2.05) is 30.3 Å². The van der Waals surface area contributed by atoms with Crippen LogP contribution in [0.15, 0.2) is 30.3 Å². The molecule has 0 aromatic heterocycles. The monoisotopic (exact) mass is 305 g/mol. The highest BCUT2D eigenvalue weighted by Gasteiger charge is 2.31. The van der Waals surface area contributed by atoms with Crippen molar-refractivity contribution in [2.24, 2.45) is 5.92 Å². The van der Waals surface area contributed by atoms with Gasteiger partial charge in [0.25, 0.3) is 5.91 Å². The van der Waals surface area contributed by atoms with Gasteiger partial charge in [-0.05, 0) is 38.8 Å². The minimum atomic E-state index is -0.566. The lowest BCUT2D eigenvalue weighted by molar-refractivity contribution is -0.152. The molecule has 0 spiro atoms. The first kappa shape index (κ1) is 16.3. The van der Waals surface area contributed by atoms with E-state index in [0.717, 1.165) is 12.8 Å². The predicted molar refractivity (Wildman–Crippen MR) is 82.5 cm³/mol. The van der Waals surface area contributed by atoms with E-state index < -0.39 is 6.10 Å². The maximum atomic E-state index is 12.5. The number of carbonyl (C=O) groups excluding carboxylic acids is 2. The fraction of sp³-hybridized carbons (Fsp3) is 0.529. The Hall–Kier alpha value is -2.04. The number of esters is 1. The lowest BCUT2D eigenvalue weighted by Gasteiger charge is -2.33. The van der Waals surface area contributed by atoms with Crippen molar-refractivity contribution in [3.05, 3.63) is 30.3 Å². The molecular weight excluding hydrogens is 282 g/mol. The van der Waals surface area contributed by atoms with Crippen LogP contribution in [0.4, 0.5) is 0 Å². The molecule has 1 fully saturated rings. The highest BCUT2D eigenvalue weighted by Crippen LogP contribution is 2.20. The Kier molecular flexibility index (Phi) is 5.81. The summed E-state index contributed by atoms with van der Waals surface area (Å²) in [5.41, 5.74) is 0. The first-order valence-electron chi connectivity index (χ1n) is 7.79. The number of hydrogen-bond donors (Lipinski definition) is 0. The van der Waals surface area contributed by atoms with Gasteiger partial charge in [-0.1, -0.05) is 18.2 Å². The lowest BCUT2D eigenvalue weighted by Crippen LogP contribution is -2.47. The molecule has 22 heavy (non-hydrogen) atoms. The van der Waals surface area contributed by atoms with Gasteiger partial charge in [0, 0.05) is 13.1 Å². The maximum absolute atomic E-state index is 12.5. The zero-order valence-electron chi connectivity index (χ0n) is 13.2. The van der Waals surface area contributed by atoms with Crippen molar-refractivity contribution in [3.8, 4) is 5.75 Å². The third-order valence-electron chi connectivity index (χ3n) is 3.76. The summed E-state index contributed by atoms with van der Waals surface area (Å²) in [7, 11) is 0. The van der Waals surface area contributed by atoms with E-state index in [-0.39, 0.29) is 17.8 Å². The van der Waals surface area contributed by atoms with Crippen LogP contribution in [0.1, 0.15) is 26.7 Å². The Balaban J connectivity index is 1.92. The van der Waals surface area contributed by atoms with Crippen LogP contribution in [0, 0.1) is 5.92 Å². The number of hydrogen-bond acceptors (Lipinski definition) is 4. The van der Waals surface area contributed by atoms with Crippen LogP contribution in [-0.2, 0) is 14.3 Å². The number of amides is 1. The highest BCUT2D eigenvalue weighted by molar-refractivity contribution is 5.82. The Morgan fingerprint density at radius 1 is 1.32 bits per heavy atom. The standard InChI is InChI=1S/C17H23NO4/c1-3-21-17(20)14-8-7-11-18(12-14)16(19)13(2)22-15-9-5-4-6-10-15/h4-6,9-10,13-14H,3,7-8,11-12H2,1-2H3/t13-,14-/m1/s1. The second-order valence-electron chi connectivity index (χ2n) is 5.45. The normalized spacial score (nSPS) is 19.4. The molecule has 0 unspecified atom stereocenters. The number of carbonyl (C=O) groups is 2. The number of piperidine rings is 1. The molecular formula is C17H23NO4. The van der Waals surface area contributed by atoms with Gasteiger partial charge in [0.15, 0.2) is 6.10 Å². The summed E-state index contributed by atoms with van der Waals surface area (Å²) in [5.74, 6) is 0.151. The van der Waals surface area contributed by atoms with Crippen molar-refractivity contribution in [2.45, 2.75) is 32.8 Å². The number of para-hydroxylation sites is 1. The van der Waals surface area contributed by atoms with Gasteiger partial charge in [0.2, 0.25) is 0 Å². The first-order chi connectivity index (χ1) is 10.6. The average molecular weight is 305 g/mol. The zero-order valence-corrected chi connectivity index (χ0v) is 13.2. The van der Waals surface area contributed by atoms with E-state index in [9.17, 15) is 9.59 Å². The summed E-state index contributed by atoms with van der Waals surface area (Å²) in [6, 6.07) is 9.27. The third kappa shape index (κ3) is 4.23. The van der Waals surface area contributed by atoms with Gasteiger partial charge in [-0.3, -0.25) is 9.59 Å². The molecule has 0 bridgehead atoms. The Labute approximate surface area is 131 Å². The van der Waals surface area contributed by atoms with Crippen LogP contribution in [0.25, 0.3) is 0 Å². The van der Waals surface area contributed by atoms with Crippen LogP contribution >= 0.6 is 0 Å². The van der Waals surface area contributed by atoms with E-state index in [2.05, 4.69) is 0 Å². The van der Waals surface area contributed by atoms with Crippen molar-refractivity contribution in [2.75, 3.05) is 19.7 Å². The number of nitrogens with zero attached hydrogens (tertiary/aromatic N) is 1. The molecule has 1 aliphatic rings. The van der Waals surface area contributed by atoms with Crippen molar-refractivity contribution in [3.63, 3.8) is 0 Å². The van der Waals surface area contributed by atoms with Gasteiger partial charge in [-0.15, -0.1) is 0 Å². The molecule has 0 radical (unpaired) electrons. The Bertz CT molecular complexity index is 503. The smallest absolute Gasteiger partial charge is 0.310 e. The second kappa shape index (κ2) is 7.82. The van der Waals surface area contributed by atoms with Crippen molar-refractivity contribution in [1.82, 2.24) is 4.90 Å². The number of likely N-dealkylation sites (tertiary alicyclic amines) is 1. The molecule has 1 amide bonds. The molecule has 1 aromatic rings. The molecule has 1 heterocycles. The highest BCUT2D eigenvalue weighted by atomic mass is 16.5. The van der Waals surface area contributed by atoms with Gasteiger partial charge in [-0.2, -0.15) is 0 Å². The summed E-state index contributed by atoms with van der Waals surface area (Å²) in [5, 5.41) is 0. The number of benzene rings is 1. The van der Waals surface area contributed by atoms with Gasteiger partial charge in [0.05, 0.1) is 12.5 Å². The molecule has 0 N–H and O–H groups in total. The minimum absolute atomic E-state index is 0.0853. The summed E-state index contributed by atoms with van der Waals surface area (Å²) >= 11 is 0. The lowest BCUT2D eigenvalue weighted by atomic mass is 9.98. The maximum Gasteiger partial charge on any atom is 0.310 e. The molecule has 2 atom stereocenters. The number of ether oxygens (including phenoxy) is 2. The first-order valence-corrected chi connectivity index (χ1v) is 7.79. The molecule has 2 rings (SSSR count). The quantitative estimate of drug-likeness (QED) is 0.783. The summed E-state index contributed by atoms with van der Waals surface area (Å²) in [6.45, 7) is 4.98. The molecule has 1 aromatic carbocycles.